The van der Waals surface area contributed by atoms with Crippen LogP contribution in [0.2, 0.25) is 0 Å². The van der Waals surface area contributed by atoms with Gasteiger partial charge in [-0.2, -0.15) is 0 Å². The van der Waals surface area contributed by atoms with Gasteiger partial charge in [0, 0.05) is 23.2 Å². The standard InChI is InChI=1S/C25H21NO3/c1-29-21-14-12-20(13-15-21)26-23(27)17-16-22(24(26)18-8-4-2-5-9-18)25(28)19-10-6-3-7-11-19/h2-15H,16-17H2,1H3. The van der Waals surface area contributed by atoms with Gasteiger partial charge >= 0.3 is 0 Å². The molecule has 0 saturated heterocycles. The molecule has 0 aliphatic carbocycles. The Morgan fingerprint density at radius 3 is 2.07 bits per heavy atom. The van der Waals surface area contributed by atoms with Crippen molar-refractivity contribution in [2.24, 2.45) is 0 Å². The Morgan fingerprint density at radius 2 is 1.45 bits per heavy atom. The number of carbonyl (C=O) groups excluding carboxylic acids is 2. The largest absolute Gasteiger partial charge is 0.497 e. The minimum Gasteiger partial charge on any atom is -0.497 e. The number of methoxy groups -OCH3 is 1. The Morgan fingerprint density at radius 1 is 0.828 bits per heavy atom. The molecule has 0 saturated carbocycles. The van der Waals surface area contributed by atoms with Gasteiger partial charge in [-0.05, 0) is 36.2 Å². The molecule has 1 amide bonds. The smallest absolute Gasteiger partial charge is 0.231 e. The van der Waals surface area contributed by atoms with E-state index in [1.165, 1.54) is 0 Å². The van der Waals surface area contributed by atoms with E-state index in [1.54, 1.807) is 12.0 Å². The zero-order valence-corrected chi connectivity index (χ0v) is 16.2. The molecule has 144 valence electrons. The third-order valence-corrected chi connectivity index (χ3v) is 5.04. The van der Waals surface area contributed by atoms with Crippen LogP contribution in [0.1, 0.15) is 28.8 Å². The number of ether oxygens (including phenoxy) is 1. The summed E-state index contributed by atoms with van der Waals surface area (Å²) in [6.45, 7) is 0. The van der Waals surface area contributed by atoms with Crippen molar-refractivity contribution in [3.63, 3.8) is 0 Å². The van der Waals surface area contributed by atoms with Gasteiger partial charge in [-0.25, -0.2) is 0 Å². The number of anilines is 1. The normalized spacial score (nSPS) is 14.1. The maximum Gasteiger partial charge on any atom is 0.231 e. The van der Waals surface area contributed by atoms with Gasteiger partial charge in [0.2, 0.25) is 5.91 Å². The molecule has 1 aliphatic rings. The number of Topliss-reactive ketones (excluding diaryl/α,β-unsaturated/α-hetero) is 1. The van der Waals surface area contributed by atoms with E-state index in [-0.39, 0.29) is 18.1 Å². The second-order valence-electron chi connectivity index (χ2n) is 6.82. The topological polar surface area (TPSA) is 46.6 Å². The highest BCUT2D eigenvalue weighted by atomic mass is 16.5. The van der Waals surface area contributed by atoms with Crippen LogP contribution in [0.3, 0.4) is 0 Å². The molecule has 0 fully saturated rings. The van der Waals surface area contributed by atoms with Crippen molar-refractivity contribution in [1.82, 2.24) is 0 Å². The lowest BCUT2D eigenvalue weighted by Crippen LogP contribution is -2.35. The fraction of sp³-hybridized carbons (Fsp3) is 0.120. The van der Waals surface area contributed by atoms with Crippen LogP contribution >= 0.6 is 0 Å². The van der Waals surface area contributed by atoms with Crippen molar-refractivity contribution in [2.45, 2.75) is 12.8 Å². The van der Waals surface area contributed by atoms with Gasteiger partial charge in [0.15, 0.2) is 5.78 Å². The minimum absolute atomic E-state index is 0.0290. The summed E-state index contributed by atoms with van der Waals surface area (Å²) in [6.07, 6.45) is 0.708. The number of allylic oxidation sites excluding steroid dienone is 1. The lowest BCUT2D eigenvalue weighted by atomic mass is 9.90. The molecule has 0 radical (unpaired) electrons. The Hall–Kier alpha value is -3.66. The van der Waals surface area contributed by atoms with Crippen LogP contribution in [-0.4, -0.2) is 18.8 Å². The number of hydrogen-bond donors (Lipinski definition) is 0. The molecule has 3 aromatic rings. The van der Waals surface area contributed by atoms with Gasteiger partial charge < -0.3 is 4.74 Å². The number of carbonyl (C=O) groups is 2. The average Bonchev–Trinajstić information content (AvgIpc) is 2.79. The quantitative estimate of drug-likeness (QED) is 0.575. The SMILES string of the molecule is COc1ccc(N2C(=O)CCC(C(=O)c3ccccc3)=C2c2ccccc2)cc1. The molecule has 0 aromatic heterocycles. The molecule has 0 atom stereocenters. The molecular formula is C25H21NO3. The van der Waals surface area contributed by atoms with Gasteiger partial charge in [-0.15, -0.1) is 0 Å². The van der Waals surface area contributed by atoms with E-state index in [4.69, 9.17) is 4.74 Å². The van der Waals surface area contributed by atoms with E-state index >= 15 is 0 Å². The molecule has 29 heavy (non-hydrogen) atoms. The van der Waals surface area contributed by atoms with Crippen molar-refractivity contribution in [3.05, 3.63) is 102 Å². The zero-order valence-electron chi connectivity index (χ0n) is 16.2. The summed E-state index contributed by atoms with van der Waals surface area (Å²) >= 11 is 0. The van der Waals surface area contributed by atoms with Crippen LogP contribution in [0.5, 0.6) is 5.75 Å². The van der Waals surface area contributed by atoms with Crippen molar-refractivity contribution in [2.75, 3.05) is 12.0 Å². The highest BCUT2D eigenvalue weighted by Gasteiger charge is 2.32. The Kier molecular flexibility index (Phi) is 5.25. The first-order valence-corrected chi connectivity index (χ1v) is 9.54. The summed E-state index contributed by atoms with van der Waals surface area (Å²) in [4.78, 5) is 28.0. The first-order chi connectivity index (χ1) is 14.2. The molecule has 4 rings (SSSR count). The van der Waals surface area contributed by atoms with Crippen LogP contribution in [0.15, 0.2) is 90.5 Å². The van der Waals surface area contributed by atoms with E-state index in [0.717, 1.165) is 5.56 Å². The first-order valence-electron chi connectivity index (χ1n) is 9.54. The summed E-state index contributed by atoms with van der Waals surface area (Å²) in [5.74, 6) is 0.637. The Balaban J connectivity index is 1.90. The third kappa shape index (κ3) is 3.69. The minimum atomic E-state index is -0.0459. The highest BCUT2D eigenvalue weighted by Crippen LogP contribution is 2.37. The van der Waals surface area contributed by atoms with Crippen molar-refractivity contribution in [1.29, 1.82) is 0 Å². The molecule has 4 nitrogen and oxygen atoms in total. The molecule has 1 heterocycles. The summed E-state index contributed by atoms with van der Waals surface area (Å²) in [5.41, 5.74) is 3.49. The monoisotopic (exact) mass is 383 g/mol. The van der Waals surface area contributed by atoms with E-state index in [1.807, 2.05) is 84.9 Å². The average molecular weight is 383 g/mol. The number of ketones is 1. The zero-order chi connectivity index (χ0) is 20.2. The maximum atomic E-state index is 13.4. The van der Waals surface area contributed by atoms with Gasteiger partial charge in [-0.3, -0.25) is 14.5 Å². The number of hydrogen-bond acceptors (Lipinski definition) is 3. The maximum absolute atomic E-state index is 13.4. The highest BCUT2D eigenvalue weighted by molar-refractivity contribution is 6.20. The summed E-state index contributed by atoms with van der Waals surface area (Å²) < 4.78 is 5.24. The molecule has 0 N–H and O–H groups in total. The van der Waals surface area contributed by atoms with Crippen LogP contribution in [0.4, 0.5) is 5.69 Å². The molecule has 0 spiro atoms. The molecule has 3 aromatic carbocycles. The summed E-state index contributed by atoms with van der Waals surface area (Å²) in [6, 6.07) is 26.2. The van der Waals surface area contributed by atoms with Crippen LogP contribution in [-0.2, 0) is 4.79 Å². The third-order valence-electron chi connectivity index (χ3n) is 5.04. The van der Waals surface area contributed by atoms with E-state index in [0.29, 0.717) is 34.7 Å². The second-order valence-corrected chi connectivity index (χ2v) is 6.82. The Bertz CT molecular complexity index is 1050. The Labute approximate surface area is 170 Å². The van der Waals surface area contributed by atoms with E-state index < -0.39 is 0 Å². The predicted molar refractivity (Wildman–Crippen MR) is 114 cm³/mol. The number of benzene rings is 3. The van der Waals surface area contributed by atoms with Gasteiger partial charge in [0.1, 0.15) is 5.75 Å². The fourth-order valence-corrected chi connectivity index (χ4v) is 3.61. The predicted octanol–water partition coefficient (Wildman–Crippen LogP) is 5.12. The van der Waals surface area contributed by atoms with Crippen molar-refractivity contribution < 1.29 is 14.3 Å². The van der Waals surface area contributed by atoms with Gasteiger partial charge in [0.05, 0.1) is 12.8 Å². The van der Waals surface area contributed by atoms with Crippen molar-refractivity contribution >= 4 is 23.1 Å². The van der Waals surface area contributed by atoms with Crippen LogP contribution < -0.4 is 9.64 Å². The van der Waals surface area contributed by atoms with Gasteiger partial charge in [0.25, 0.3) is 0 Å². The lowest BCUT2D eigenvalue weighted by molar-refractivity contribution is -0.118. The van der Waals surface area contributed by atoms with Crippen LogP contribution in [0, 0.1) is 0 Å². The van der Waals surface area contributed by atoms with Gasteiger partial charge in [-0.1, -0.05) is 60.7 Å². The number of amides is 1. The lowest BCUT2D eigenvalue weighted by Gasteiger charge is -2.32. The second kappa shape index (κ2) is 8.15. The fourth-order valence-electron chi connectivity index (χ4n) is 3.61. The molecule has 0 bridgehead atoms. The summed E-state index contributed by atoms with van der Waals surface area (Å²) in [7, 11) is 1.60. The van der Waals surface area contributed by atoms with Crippen LogP contribution in [0.25, 0.3) is 5.70 Å². The number of rotatable bonds is 5. The van der Waals surface area contributed by atoms with Crippen molar-refractivity contribution in [3.8, 4) is 5.75 Å². The number of nitrogens with zero attached hydrogens (tertiary/aromatic N) is 1. The van der Waals surface area contributed by atoms with E-state index in [9.17, 15) is 9.59 Å². The molecule has 4 heteroatoms. The molecule has 1 aliphatic heterocycles. The van der Waals surface area contributed by atoms with E-state index in [2.05, 4.69) is 0 Å². The summed E-state index contributed by atoms with van der Waals surface area (Å²) in [5, 5.41) is 0. The first kappa shape index (κ1) is 18.7. The molecule has 0 unspecified atom stereocenters. The molecular weight excluding hydrogens is 362 g/mol.